The number of ether oxygens (including phenoxy) is 4. The highest BCUT2D eigenvalue weighted by atomic mass is 16.6. The average molecular weight is 509 g/mol. The molecule has 200 valence electrons. The first-order valence-electron chi connectivity index (χ1n) is 11.7. The first kappa shape index (κ1) is 30.4. The Morgan fingerprint density at radius 1 is 0.750 bits per heavy atom. The van der Waals surface area contributed by atoms with E-state index >= 15 is 0 Å². The summed E-state index contributed by atoms with van der Waals surface area (Å²) in [6, 6.07) is 6.03. The van der Waals surface area contributed by atoms with Crippen LogP contribution >= 0.6 is 0 Å². The van der Waals surface area contributed by atoms with E-state index in [-0.39, 0.29) is 31.7 Å². The third kappa shape index (κ3) is 12.7. The summed E-state index contributed by atoms with van der Waals surface area (Å²) in [6.07, 6.45) is -1.97. The van der Waals surface area contributed by atoms with Gasteiger partial charge in [-0.15, -0.1) is 0 Å². The zero-order valence-corrected chi connectivity index (χ0v) is 21.4. The minimum atomic E-state index is -1.44. The molecule has 0 aliphatic carbocycles. The molecule has 2 N–H and O–H groups in total. The van der Waals surface area contributed by atoms with Gasteiger partial charge in [0.05, 0.1) is 33.2 Å². The number of carbonyl (C=O) groups excluding carboxylic acids is 5. The molecular formula is C25H36N2O9. The highest BCUT2D eigenvalue weighted by Crippen LogP contribution is 2.06. The molecule has 0 spiro atoms. The Kier molecular flexibility index (Phi) is 13.6. The van der Waals surface area contributed by atoms with Crippen LogP contribution in [0.2, 0.25) is 0 Å². The van der Waals surface area contributed by atoms with Crippen LogP contribution < -0.4 is 10.6 Å². The van der Waals surface area contributed by atoms with E-state index in [2.05, 4.69) is 15.4 Å². The van der Waals surface area contributed by atoms with Gasteiger partial charge in [0.2, 0.25) is 5.91 Å². The molecule has 0 aromatic heterocycles. The number of esters is 3. The van der Waals surface area contributed by atoms with Crippen molar-refractivity contribution in [3.63, 3.8) is 0 Å². The van der Waals surface area contributed by atoms with E-state index in [0.29, 0.717) is 0 Å². The Bertz CT molecular complexity index is 872. The molecule has 0 aliphatic heterocycles. The van der Waals surface area contributed by atoms with Crippen LogP contribution in [0.15, 0.2) is 30.3 Å². The van der Waals surface area contributed by atoms with Gasteiger partial charge in [-0.25, -0.2) is 9.59 Å². The van der Waals surface area contributed by atoms with E-state index in [1.165, 1.54) is 0 Å². The summed E-state index contributed by atoms with van der Waals surface area (Å²) in [6.45, 7) is 7.58. The van der Waals surface area contributed by atoms with E-state index in [0.717, 1.165) is 12.7 Å². The third-order valence-corrected chi connectivity index (χ3v) is 4.52. The van der Waals surface area contributed by atoms with E-state index in [1.54, 1.807) is 24.3 Å². The first-order valence-corrected chi connectivity index (χ1v) is 11.7. The van der Waals surface area contributed by atoms with Crippen molar-refractivity contribution < 1.29 is 42.9 Å². The van der Waals surface area contributed by atoms with E-state index in [4.69, 9.17) is 14.2 Å². The lowest BCUT2D eigenvalue weighted by Crippen LogP contribution is -2.53. The molecule has 0 saturated carbocycles. The summed E-state index contributed by atoms with van der Waals surface area (Å²) >= 11 is 0. The number of hydrogen-bond donors (Lipinski definition) is 2. The van der Waals surface area contributed by atoms with Crippen LogP contribution in [0.5, 0.6) is 0 Å². The summed E-state index contributed by atoms with van der Waals surface area (Å²) in [4.78, 5) is 61.9. The van der Waals surface area contributed by atoms with Crippen molar-refractivity contribution in [3.8, 4) is 0 Å². The molecule has 0 radical (unpaired) electrons. The van der Waals surface area contributed by atoms with Crippen LogP contribution in [0, 0.1) is 11.8 Å². The lowest BCUT2D eigenvalue weighted by molar-refractivity contribution is -0.153. The molecule has 1 aromatic rings. The fourth-order valence-electron chi connectivity index (χ4n) is 2.69. The highest BCUT2D eigenvalue weighted by molar-refractivity contribution is 5.93. The molecule has 36 heavy (non-hydrogen) atoms. The van der Waals surface area contributed by atoms with Gasteiger partial charge in [0.1, 0.15) is 18.7 Å². The van der Waals surface area contributed by atoms with Gasteiger partial charge in [-0.05, 0) is 17.4 Å². The minimum absolute atomic E-state index is 0.0607. The SMILES string of the molecule is COC(=O)[C@H](CC(=O)OCC(C)C)NC(=O)[C@@H](CC(=O)OCC(C)C)NC(=O)OCc1ccccc1. The molecule has 0 fully saturated rings. The van der Waals surface area contributed by atoms with Crippen molar-refractivity contribution >= 4 is 29.9 Å². The topological polar surface area (TPSA) is 146 Å². The second-order valence-corrected chi connectivity index (χ2v) is 8.90. The lowest BCUT2D eigenvalue weighted by atomic mass is 10.1. The zero-order valence-electron chi connectivity index (χ0n) is 21.4. The van der Waals surface area contributed by atoms with E-state index in [9.17, 15) is 24.0 Å². The molecule has 2 atom stereocenters. The van der Waals surface area contributed by atoms with E-state index in [1.807, 2.05) is 33.8 Å². The third-order valence-electron chi connectivity index (χ3n) is 4.52. The van der Waals surface area contributed by atoms with Gasteiger partial charge in [0.15, 0.2) is 0 Å². The predicted molar refractivity (Wildman–Crippen MR) is 128 cm³/mol. The van der Waals surface area contributed by atoms with Crippen LogP contribution in [0.3, 0.4) is 0 Å². The van der Waals surface area contributed by atoms with Crippen LogP contribution in [0.4, 0.5) is 4.79 Å². The Labute approximate surface area is 211 Å². The molecule has 11 nitrogen and oxygen atoms in total. The number of alkyl carbamates (subject to hydrolysis) is 1. The maximum atomic E-state index is 13.0. The Morgan fingerprint density at radius 2 is 1.28 bits per heavy atom. The highest BCUT2D eigenvalue weighted by Gasteiger charge is 2.31. The van der Waals surface area contributed by atoms with Gasteiger partial charge in [-0.1, -0.05) is 58.0 Å². The van der Waals surface area contributed by atoms with Crippen LogP contribution in [-0.4, -0.2) is 62.3 Å². The van der Waals surface area contributed by atoms with Gasteiger partial charge in [0, 0.05) is 0 Å². The molecule has 0 bridgehead atoms. The maximum absolute atomic E-state index is 13.0. The van der Waals surface area contributed by atoms with Crippen molar-refractivity contribution in [1.82, 2.24) is 10.6 Å². The lowest BCUT2D eigenvalue weighted by Gasteiger charge is -2.21. The molecule has 0 heterocycles. The van der Waals surface area contributed by atoms with Crippen molar-refractivity contribution in [1.29, 1.82) is 0 Å². The number of amides is 2. The normalized spacial score (nSPS) is 12.3. The molecule has 1 aromatic carbocycles. The summed E-state index contributed by atoms with van der Waals surface area (Å²) in [5.41, 5.74) is 0.718. The Hall–Kier alpha value is -3.63. The van der Waals surface area contributed by atoms with Crippen molar-refractivity contribution in [2.24, 2.45) is 11.8 Å². The number of carbonyl (C=O) groups is 5. The number of methoxy groups -OCH3 is 1. The van der Waals surface area contributed by atoms with Crippen LogP contribution in [-0.2, 0) is 44.7 Å². The van der Waals surface area contributed by atoms with Gasteiger partial charge >= 0.3 is 24.0 Å². The largest absolute Gasteiger partial charge is 0.467 e. The fraction of sp³-hybridized carbons (Fsp3) is 0.560. The first-order chi connectivity index (χ1) is 17.0. The molecule has 2 amide bonds. The molecular weight excluding hydrogens is 472 g/mol. The number of nitrogens with one attached hydrogen (secondary N) is 2. The van der Waals surface area contributed by atoms with Gasteiger partial charge in [-0.2, -0.15) is 0 Å². The van der Waals surface area contributed by atoms with E-state index < -0.39 is 54.8 Å². The molecule has 0 unspecified atom stereocenters. The standard InChI is InChI=1S/C25H36N2O9/c1-16(2)13-34-21(28)11-19(27-25(32)36-15-18-9-7-6-8-10-18)23(30)26-20(24(31)33-5)12-22(29)35-14-17(3)4/h6-10,16-17,19-20H,11-15H2,1-5H3,(H,26,30)(H,27,32)/t19-,20+/m1/s1. The second-order valence-electron chi connectivity index (χ2n) is 8.90. The average Bonchev–Trinajstić information content (AvgIpc) is 2.84. The Morgan fingerprint density at radius 3 is 1.78 bits per heavy atom. The number of hydrogen-bond acceptors (Lipinski definition) is 9. The quantitative estimate of drug-likeness (QED) is 0.285. The number of rotatable bonds is 14. The fourth-order valence-corrected chi connectivity index (χ4v) is 2.69. The monoisotopic (exact) mass is 508 g/mol. The molecule has 1 rings (SSSR count). The summed E-state index contributed by atoms with van der Waals surface area (Å²) in [7, 11) is 1.10. The van der Waals surface area contributed by atoms with Crippen LogP contribution in [0.25, 0.3) is 0 Å². The predicted octanol–water partition coefficient (Wildman–Crippen LogP) is 2.12. The molecule has 0 aliphatic rings. The van der Waals surface area contributed by atoms with Crippen LogP contribution in [0.1, 0.15) is 46.1 Å². The minimum Gasteiger partial charge on any atom is -0.467 e. The van der Waals surface area contributed by atoms with Gasteiger partial charge in [0.25, 0.3) is 0 Å². The molecule has 11 heteroatoms. The maximum Gasteiger partial charge on any atom is 0.408 e. The molecule has 0 saturated heterocycles. The van der Waals surface area contributed by atoms with Crippen molar-refractivity contribution in [3.05, 3.63) is 35.9 Å². The second kappa shape index (κ2) is 16.1. The number of benzene rings is 1. The zero-order chi connectivity index (χ0) is 27.1. The Balaban J connectivity index is 2.89. The summed E-state index contributed by atoms with van der Waals surface area (Å²) in [5, 5.41) is 4.66. The van der Waals surface area contributed by atoms with Crippen molar-refractivity contribution in [2.75, 3.05) is 20.3 Å². The van der Waals surface area contributed by atoms with Gasteiger partial charge in [-0.3, -0.25) is 14.4 Å². The smallest absolute Gasteiger partial charge is 0.408 e. The van der Waals surface area contributed by atoms with Gasteiger partial charge < -0.3 is 29.6 Å². The summed E-state index contributed by atoms with van der Waals surface area (Å²) < 4.78 is 20.0. The summed E-state index contributed by atoms with van der Waals surface area (Å²) in [5.74, 6) is -3.11. The van der Waals surface area contributed by atoms with Crippen molar-refractivity contribution in [2.45, 2.75) is 59.2 Å².